The third kappa shape index (κ3) is 62.1. The summed E-state index contributed by atoms with van der Waals surface area (Å²) in [5.41, 5.74) is 0. The van der Waals surface area contributed by atoms with Gasteiger partial charge < -0.3 is 14.2 Å². The quantitative estimate of drug-likeness (QED) is 0.0261. The molecule has 6 nitrogen and oxygen atoms in total. The highest BCUT2D eigenvalue weighted by Crippen LogP contribution is 2.18. The molecule has 0 aromatic carbocycles. The molecule has 0 N–H and O–H groups in total. The van der Waals surface area contributed by atoms with E-state index in [0.29, 0.717) is 19.3 Å². The van der Waals surface area contributed by atoms with Crippen molar-refractivity contribution in [3.8, 4) is 0 Å². The van der Waals surface area contributed by atoms with Gasteiger partial charge in [-0.25, -0.2) is 0 Å². The molecule has 0 aliphatic carbocycles. The molecule has 0 aromatic heterocycles. The van der Waals surface area contributed by atoms with Crippen LogP contribution in [0, 0.1) is 0 Å². The summed E-state index contributed by atoms with van der Waals surface area (Å²) >= 11 is 0. The van der Waals surface area contributed by atoms with Crippen LogP contribution in [0.3, 0.4) is 0 Å². The number of unbranched alkanes of at least 4 members (excludes halogenated alkanes) is 42. The second kappa shape index (κ2) is 63.9. The van der Waals surface area contributed by atoms with E-state index >= 15 is 0 Å². The van der Waals surface area contributed by atoms with Crippen LogP contribution >= 0.6 is 0 Å². The number of rotatable bonds is 61. The molecule has 0 amide bonds. The normalized spacial score (nSPS) is 12.3. The van der Waals surface area contributed by atoms with E-state index in [4.69, 9.17) is 14.2 Å². The third-order valence-corrected chi connectivity index (χ3v) is 14.8. The molecule has 0 aromatic rings. The van der Waals surface area contributed by atoms with Crippen LogP contribution in [0.15, 0.2) is 48.6 Å². The van der Waals surface area contributed by atoms with Gasteiger partial charge in [0.2, 0.25) is 0 Å². The smallest absolute Gasteiger partial charge is 0.306 e. The maximum atomic E-state index is 12.9. The molecule has 0 aliphatic heterocycles. The first kappa shape index (κ1) is 72.4. The summed E-state index contributed by atoms with van der Waals surface area (Å²) in [6.07, 6.45) is 80.1. The predicted molar refractivity (Wildman–Crippen MR) is 325 cm³/mol. The zero-order chi connectivity index (χ0) is 54.3. The Morgan fingerprint density at radius 3 is 0.827 bits per heavy atom. The molecule has 438 valence electrons. The second-order valence-electron chi connectivity index (χ2n) is 22.4. The van der Waals surface area contributed by atoms with Crippen molar-refractivity contribution in [2.24, 2.45) is 0 Å². The molecular formula is C69H126O6. The molecule has 0 aliphatic rings. The number of hydrogen-bond acceptors (Lipinski definition) is 6. The van der Waals surface area contributed by atoms with Crippen molar-refractivity contribution in [1.29, 1.82) is 0 Å². The molecule has 0 fully saturated rings. The summed E-state index contributed by atoms with van der Waals surface area (Å²) in [4.78, 5) is 38.2. The first-order valence-corrected chi connectivity index (χ1v) is 33.1. The summed E-state index contributed by atoms with van der Waals surface area (Å²) in [5, 5.41) is 0. The summed E-state index contributed by atoms with van der Waals surface area (Å²) in [6.45, 7) is 6.55. The second-order valence-corrected chi connectivity index (χ2v) is 22.4. The maximum absolute atomic E-state index is 12.9. The van der Waals surface area contributed by atoms with Crippen LogP contribution in [-0.2, 0) is 28.6 Å². The Morgan fingerprint density at radius 1 is 0.280 bits per heavy atom. The Balaban J connectivity index is 4.09. The Bertz CT molecular complexity index is 1300. The fourth-order valence-corrected chi connectivity index (χ4v) is 9.87. The fourth-order valence-electron chi connectivity index (χ4n) is 9.87. The average molecular weight is 1050 g/mol. The van der Waals surface area contributed by atoms with Gasteiger partial charge in [-0.05, 0) is 77.0 Å². The summed E-state index contributed by atoms with van der Waals surface area (Å²) in [7, 11) is 0. The van der Waals surface area contributed by atoms with Crippen LogP contribution in [0.5, 0.6) is 0 Å². The lowest BCUT2D eigenvalue weighted by Gasteiger charge is -2.18. The lowest BCUT2D eigenvalue weighted by Crippen LogP contribution is -2.30. The SMILES string of the molecule is CC/C=C\C/C=C\C/C=C\CCCCCCCC(=O)OC(COC(=O)CCCCCCCCCCCCC)COC(=O)CCCCCCCCCCCCCCCCCCCCC/C=C\CCCCCCCCCC. The van der Waals surface area contributed by atoms with E-state index in [1.165, 1.54) is 218 Å². The largest absolute Gasteiger partial charge is 0.462 e. The van der Waals surface area contributed by atoms with Crippen molar-refractivity contribution < 1.29 is 28.6 Å². The van der Waals surface area contributed by atoms with Crippen LogP contribution in [0.4, 0.5) is 0 Å². The van der Waals surface area contributed by atoms with Gasteiger partial charge in [-0.1, -0.05) is 307 Å². The number of hydrogen-bond donors (Lipinski definition) is 0. The Hall–Kier alpha value is -2.63. The van der Waals surface area contributed by atoms with E-state index < -0.39 is 6.10 Å². The minimum Gasteiger partial charge on any atom is -0.462 e. The highest BCUT2D eigenvalue weighted by Gasteiger charge is 2.19. The molecule has 0 spiro atoms. The number of allylic oxidation sites excluding steroid dienone is 8. The van der Waals surface area contributed by atoms with E-state index in [0.717, 1.165) is 96.3 Å². The first-order valence-electron chi connectivity index (χ1n) is 33.1. The lowest BCUT2D eigenvalue weighted by molar-refractivity contribution is -0.167. The third-order valence-electron chi connectivity index (χ3n) is 14.8. The average Bonchev–Trinajstić information content (AvgIpc) is 3.41. The summed E-state index contributed by atoms with van der Waals surface area (Å²) in [6, 6.07) is 0. The Labute approximate surface area is 467 Å². The van der Waals surface area contributed by atoms with Crippen LogP contribution in [0.25, 0.3) is 0 Å². The van der Waals surface area contributed by atoms with E-state index in [1.807, 2.05) is 0 Å². The molecule has 75 heavy (non-hydrogen) atoms. The molecule has 0 rings (SSSR count). The number of carbonyl (C=O) groups is 3. The van der Waals surface area contributed by atoms with Gasteiger partial charge in [-0.2, -0.15) is 0 Å². The highest BCUT2D eigenvalue weighted by atomic mass is 16.6. The van der Waals surface area contributed by atoms with E-state index in [1.54, 1.807) is 0 Å². The lowest BCUT2D eigenvalue weighted by atomic mass is 10.0. The molecular weight excluding hydrogens is 925 g/mol. The molecule has 0 radical (unpaired) electrons. The van der Waals surface area contributed by atoms with Crippen molar-refractivity contribution >= 4 is 17.9 Å². The minimum absolute atomic E-state index is 0.0758. The van der Waals surface area contributed by atoms with Crippen LogP contribution in [0.2, 0.25) is 0 Å². The van der Waals surface area contributed by atoms with Gasteiger partial charge in [-0.15, -0.1) is 0 Å². The van der Waals surface area contributed by atoms with Gasteiger partial charge in [0.1, 0.15) is 13.2 Å². The van der Waals surface area contributed by atoms with Crippen LogP contribution in [-0.4, -0.2) is 37.2 Å². The van der Waals surface area contributed by atoms with Crippen molar-refractivity contribution in [3.63, 3.8) is 0 Å². The summed E-state index contributed by atoms with van der Waals surface area (Å²) < 4.78 is 16.9. The Kier molecular flexibility index (Phi) is 61.7. The van der Waals surface area contributed by atoms with E-state index in [9.17, 15) is 14.4 Å². The molecule has 0 heterocycles. The Morgan fingerprint density at radius 2 is 0.520 bits per heavy atom. The van der Waals surface area contributed by atoms with Crippen molar-refractivity contribution in [2.45, 2.75) is 361 Å². The maximum Gasteiger partial charge on any atom is 0.306 e. The molecule has 1 atom stereocenters. The number of carbonyl (C=O) groups excluding carboxylic acids is 3. The van der Waals surface area contributed by atoms with Gasteiger partial charge in [-0.3, -0.25) is 14.4 Å². The fraction of sp³-hybridized carbons (Fsp3) is 0.841. The topological polar surface area (TPSA) is 78.9 Å². The van der Waals surface area contributed by atoms with Gasteiger partial charge in [0, 0.05) is 19.3 Å². The minimum atomic E-state index is -0.779. The molecule has 0 saturated heterocycles. The molecule has 6 heteroatoms. The van der Waals surface area contributed by atoms with Crippen molar-refractivity contribution in [1.82, 2.24) is 0 Å². The summed E-state index contributed by atoms with van der Waals surface area (Å²) in [5.74, 6) is -0.874. The standard InChI is InChI=1S/C69H126O6/c1-4-7-10-13-16-19-22-24-26-27-28-29-30-31-32-33-34-35-36-37-38-39-40-41-43-44-47-50-53-56-59-62-68(71)74-65-66(64-73-67(70)61-58-55-52-49-46-21-18-15-12-9-6-3)75-69(72)63-60-57-54-51-48-45-42-25-23-20-17-14-11-8-5-2/h8,11,17,20,25,27-28,42,66H,4-7,9-10,12-16,18-19,21-24,26,29-41,43-65H2,1-3H3/b11-8-,20-17-,28-27-,42-25-. The zero-order valence-corrected chi connectivity index (χ0v) is 50.3. The van der Waals surface area contributed by atoms with Gasteiger partial charge in [0.15, 0.2) is 6.10 Å². The van der Waals surface area contributed by atoms with Crippen LogP contribution < -0.4 is 0 Å². The van der Waals surface area contributed by atoms with Crippen molar-refractivity contribution in [2.75, 3.05) is 13.2 Å². The van der Waals surface area contributed by atoms with Gasteiger partial charge in [0.05, 0.1) is 0 Å². The molecule has 1 unspecified atom stereocenters. The monoisotopic (exact) mass is 1050 g/mol. The van der Waals surface area contributed by atoms with E-state index in [2.05, 4.69) is 69.4 Å². The predicted octanol–water partition coefficient (Wildman–Crippen LogP) is 22.6. The van der Waals surface area contributed by atoms with Crippen LogP contribution in [0.1, 0.15) is 355 Å². The van der Waals surface area contributed by atoms with Gasteiger partial charge in [0.25, 0.3) is 0 Å². The number of ether oxygens (including phenoxy) is 3. The first-order chi connectivity index (χ1) is 37.0. The van der Waals surface area contributed by atoms with E-state index in [-0.39, 0.29) is 31.1 Å². The van der Waals surface area contributed by atoms with Crippen molar-refractivity contribution in [3.05, 3.63) is 48.6 Å². The highest BCUT2D eigenvalue weighted by molar-refractivity contribution is 5.71. The zero-order valence-electron chi connectivity index (χ0n) is 50.3. The molecule has 0 bridgehead atoms. The number of esters is 3. The van der Waals surface area contributed by atoms with Gasteiger partial charge >= 0.3 is 17.9 Å². The molecule has 0 saturated carbocycles.